The van der Waals surface area contributed by atoms with Gasteiger partial charge < -0.3 is 0 Å². The molecule has 0 saturated carbocycles. The zero-order valence-electron chi connectivity index (χ0n) is 8.41. The van der Waals surface area contributed by atoms with Gasteiger partial charge in [-0.05, 0) is 24.6 Å². The van der Waals surface area contributed by atoms with Crippen molar-refractivity contribution < 1.29 is 0 Å². The molecule has 2 heteroatoms. The van der Waals surface area contributed by atoms with Gasteiger partial charge in [-0.25, -0.2) is 0 Å². The lowest BCUT2D eigenvalue weighted by atomic mass is 10.5. The monoisotopic (exact) mass is 204 g/mol. The zero-order chi connectivity index (χ0) is 9.45. The second kappa shape index (κ2) is 6.73. The van der Waals surface area contributed by atoms with Crippen molar-refractivity contribution in [2.24, 2.45) is 0 Å². The third-order valence-electron chi connectivity index (χ3n) is 2.19. The van der Waals surface area contributed by atoms with Crippen LogP contribution in [0.4, 0.5) is 0 Å². The molecule has 0 unspecified atom stereocenters. The molecule has 0 spiro atoms. The maximum atomic E-state index is 6.61. The molecule has 0 amide bonds. The first kappa shape index (κ1) is 12.2. The molecule has 0 rings (SSSR count). The Morgan fingerprint density at radius 3 is 2.00 bits per heavy atom. The number of hydrogen-bond acceptors (Lipinski definition) is 0. The molecular formula is C10H21ClSi. The molecule has 0 atom stereocenters. The van der Waals surface area contributed by atoms with Gasteiger partial charge in [0.1, 0.15) is 0 Å². The number of rotatable bonds is 7. The molecule has 12 heavy (non-hydrogen) atoms. The number of halogens is 1. The van der Waals surface area contributed by atoms with Crippen LogP contribution >= 0.6 is 11.1 Å². The molecular weight excluding hydrogens is 184 g/mol. The van der Waals surface area contributed by atoms with Crippen molar-refractivity contribution >= 4 is 18.5 Å². The fourth-order valence-corrected chi connectivity index (χ4v) is 6.36. The highest BCUT2D eigenvalue weighted by atomic mass is 35.6. The van der Waals surface area contributed by atoms with E-state index in [9.17, 15) is 0 Å². The molecule has 0 radical (unpaired) electrons. The van der Waals surface area contributed by atoms with Gasteiger partial charge in [-0.2, -0.15) is 11.1 Å². The third-order valence-corrected chi connectivity index (χ3v) is 7.87. The molecule has 0 heterocycles. The summed E-state index contributed by atoms with van der Waals surface area (Å²) in [5, 5.41) is 0. The van der Waals surface area contributed by atoms with Crippen LogP contribution in [0.3, 0.4) is 0 Å². The molecule has 0 fully saturated rings. The lowest BCUT2D eigenvalue weighted by Gasteiger charge is -2.22. The average molecular weight is 205 g/mol. The van der Waals surface area contributed by atoms with Crippen molar-refractivity contribution in [3.05, 3.63) is 12.7 Å². The molecule has 0 nitrogen and oxygen atoms in total. The fraction of sp³-hybridized carbons (Fsp3) is 0.800. The Morgan fingerprint density at radius 2 is 1.67 bits per heavy atom. The van der Waals surface area contributed by atoms with Crippen LogP contribution in [0.5, 0.6) is 0 Å². The molecule has 0 aromatic heterocycles. The Kier molecular flexibility index (Phi) is 6.87. The quantitative estimate of drug-likeness (QED) is 0.324. The highest BCUT2D eigenvalue weighted by Crippen LogP contribution is 2.29. The van der Waals surface area contributed by atoms with Crippen LogP contribution in [-0.2, 0) is 0 Å². The van der Waals surface area contributed by atoms with Gasteiger partial charge in [0, 0.05) is 0 Å². The summed E-state index contributed by atoms with van der Waals surface area (Å²) in [4.78, 5) is 0. The van der Waals surface area contributed by atoms with Gasteiger partial charge in [0.2, 0.25) is 0 Å². The van der Waals surface area contributed by atoms with Crippen molar-refractivity contribution in [3.8, 4) is 0 Å². The highest BCUT2D eigenvalue weighted by Gasteiger charge is 2.27. The van der Waals surface area contributed by atoms with Gasteiger partial charge in [-0.3, -0.25) is 0 Å². The first-order chi connectivity index (χ1) is 5.68. The minimum absolute atomic E-state index is 1.11. The largest absolute Gasteiger partial charge is 0.167 e. The Hall–Kier alpha value is 0.247. The molecule has 0 N–H and O–H groups in total. The predicted octanol–water partition coefficient (Wildman–Crippen LogP) is 4.57. The van der Waals surface area contributed by atoms with E-state index in [4.69, 9.17) is 11.1 Å². The smallest absolute Gasteiger partial charge is 0.156 e. The van der Waals surface area contributed by atoms with E-state index in [1.54, 1.807) is 0 Å². The zero-order valence-corrected chi connectivity index (χ0v) is 10.2. The molecule has 0 aromatic carbocycles. The normalized spacial score (nSPS) is 11.6. The van der Waals surface area contributed by atoms with Crippen molar-refractivity contribution in [3.63, 3.8) is 0 Å². The minimum Gasteiger partial charge on any atom is -0.167 e. The topological polar surface area (TPSA) is 0 Å². The Labute approximate surface area is 82.7 Å². The van der Waals surface area contributed by atoms with E-state index in [0.717, 1.165) is 6.42 Å². The van der Waals surface area contributed by atoms with Crippen LogP contribution in [0, 0.1) is 0 Å². The summed E-state index contributed by atoms with van der Waals surface area (Å²) in [7, 11) is -1.37. The Morgan fingerprint density at radius 1 is 1.17 bits per heavy atom. The number of hydrogen-bond donors (Lipinski definition) is 0. The first-order valence-electron chi connectivity index (χ1n) is 4.98. The van der Waals surface area contributed by atoms with Crippen LogP contribution in [0.2, 0.25) is 18.1 Å². The molecule has 0 aromatic rings. The number of allylic oxidation sites excluding steroid dienone is 1. The summed E-state index contributed by atoms with van der Waals surface area (Å²) in [6.07, 6.45) is 5.59. The molecule has 0 aliphatic carbocycles. The molecule has 0 aliphatic heterocycles. The van der Waals surface area contributed by atoms with Gasteiger partial charge in [-0.15, -0.1) is 6.58 Å². The molecule has 0 saturated heterocycles. The lowest BCUT2D eigenvalue weighted by molar-refractivity contribution is 0.969. The van der Waals surface area contributed by atoms with Gasteiger partial charge in [0.05, 0.1) is 0 Å². The average Bonchev–Trinajstić information content (AvgIpc) is 2.02. The van der Waals surface area contributed by atoms with Gasteiger partial charge >= 0.3 is 0 Å². The van der Waals surface area contributed by atoms with E-state index in [1.165, 1.54) is 31.0 Å². The summed E-state index contributed by atoms with van der Waals surface area (Å²) in [6, 6.07) is 3.77. The van der Waals surface area contributed by atoms with Crippen LogP contribution in [-0.4, -0.2) is 7.38 Å². The Balaban J connectivity index is 3.88. The summed E-state index contributed by atoms with van der Waals surface area (Å²) in [5.74, 6) is 0. The summed E-state index contributed by atoms with van der Waals surface area (Å²) in [5.41, 5.74) is 0. The second-order valence-electron chi connectivity index (χ2n) is 3.48. The van der Waals surface area contributed by atoms with Gasteiger partial charge in [0.15, 0.2) is 7.38 Å². The molecule has 72 valence electrons. The van der Waals surface area contributed by atoms with Crippen molar-refractivity contribution in [1.29, 1.82) is 0 Å². The van der Waals surface area contributed by atoms with Gasteiger partial charge in [-0.1, -0.05) is 32.8 Å². The van der Waals surface area contributed by atoms with Crippen LogP contribution in [0.15, 0.2) is 12.7 Å². The SMILES string of the molecule is C=CCC[Si](Cl)(CCC)CCC. The molecule has 0 aliphatic rings. The standard InChI is InChI=1S/C10H21ClSi/c1-4-7-10-12(11,8-5-2)9-6-3/h4H,1,5-10H2,2-3H3. The Bertz CT molecular complexity index is 117. The highest BCUT2D eigenvalue weighted by molar-refractivity contribution is 7.20. The molecule has 0 bridgehead atoms. The summed E-state index contributed by atoms with van der Waals surface area (Å²) < 4.78 is 0. The van der Waals surface area contributed by atoms with Gasteiger partial charge in [0.25, 0.3) is 0 Å². The van der Waals surface area contributed by atoms with E-state index >= 15 is 0 Å². The van der Waals surface area contributed by atoms with Crippen LogP contribution in [0.1, 0.15) is 33.1 Å². The summed E-state index contributed by atoms with van der Waals surface area (Å²) in [6.45, 7) is 8.21. The van der Waals surface area contributed by atoms with E-state index in [-0.39, 0.29) is 0 Å². The van der Waals surface area contributed by atoms with E-state index < -0.39 is 7.38 Å². The van der Waals surface area contributed by atoms with Crippen molar-refractivity contribution in [2.75, 3.05) is 0 Å². The van der Waals surface area contributed by atoms with Crippen molar-refractivity contribution in [2.45, 2.75) is 51.2 Å². The minimum atomic E-state index is -1.37. The summed E-state index contributed by atoms with van der Waals surface area (Å²) >= 11 is 6.61. The maximum absolute atomic E-state index is 6.61. The maximum Gasteiger partial charge on any atom is 0.156 e. The third kappa shape index (κ3) is 4.99. The van der Waals surface area contributed by atoms with E-state index in [0.29, 0.717) is 0 Å². The predicted molar refractivity (Wildman–Crippen MR) is 61.4 cm³/mol. The fourth-order valence-electron chi connectivity index (χ4n) is 1.63. The second-order valence-corrected chi connectivity index (χ2v) is 9.69. The lowest BCUT2D eigenvalue weighted by Crippen LogP contribution is -2.25. The van der Waals surface area contributed by atoms with Crippen LogP contribution in [0.25, 0.3) is 0 Å². The van der Waals surface area contributed by atoms with E-state index in [1.807, 2.05) is 6.08 Å². The van der Waals surface area contributed by atoms with Crippen LogP contribution < -0.4 is 0 Å². The van der Waals surface area contributed by atoms with E-state index in [2.05, 4.69) is 20.4 Å². The first-order valence-corrected chi connectivity index (χ1v) is 8.61. The van der Waals surface area contributed by atoms with Crippen molar-refractivity contribution in [1.82, 2.24) is 0 Å².